The third-order valence-corrected chi connectivity index (χ3v) is 5.63. The number of hydrogen-bond acceptors (Lipinski definition) is 5. The number of halogens is 1. The Kier molecular flexibility index (Phi) is 5.67. The molecular formula is C21H23ClN4O4. The van der Waals surface area contributed by atoms with Crippen LogP contribution in [0, 0.1) is 6.92 Å². The number of hydrogen-bond donors (Lipinski definition) is 2. The molecule has 1 aromatic heterocycles. The Hall–Kier alpha value is -3.00. The van der Waals surface area contributed by atoms with Crippen molar-refractivity contribution in [1.82, 2.24) is 10.2 Å². The number of piperidine rings is 1. The molecule has 1 spiro atoms. The van der Waals surface area contributed by atoms with Crippen molar-refractivity contribution in [2.45, 2.75) is 38.3 Å². The van der Waals surface area contributed by atoms with Crippen LogP contribution in [-0.4, -0.2) is 41.2 Å². The highest BCUT2D eigenvalue weighted by Gasteiger charge is 2.44. The number of rotatable bonds is 4. The van der Waals surface area contributed by atoms with Crippen LogP contribution >= 0.6 is 11.6 Å². The molecule has 2 N–H and O–H groups in total. The maximum absolute atomic E-state index is 12.5. The van der Waals surface area contributed by atoms with Crippen LogP contribution in [0.1, 0.15) is 30.8 Å². The number of benzene rings is 1. The summed E-state index contributed by atoms with van der Waals surface area (Å²) in [5.41, 5.74) is 0.540. The van der Waals surface area contributed by atoms with E-state index in [2.05, 4.69) is 15.8 Å². The van der Waals surface area contributed by atoms with Gasteiger partial charge in [-0.25, -0.2) is 4.79 Å². The minimum atomic E-state index is -0.523. The van der Waals surface area contributed by atoms with Gasteiger partial charge in [-0.1, -0.05) is 16.8 Å². The summed E-state index contributed by atoms with van der Waals surface area (Å²) in [6.07, 6.45) is 1.65. The van der Waals surface area contributed by atoms with E-state index < -0.39 is 5.60 Å². The number of carbonyl (C=O) groups is 2. The summed E-state index contributed by atoms with van der Waals surface area (Å²) in [6, 6.07) is 10.5. The quantitative estimate of drug-likeness (QED) is 0.772. The van der Waals surface area contributed by atoms with Crippen molar-refractivity contribution in [1.29, 1.82) is 0 Å². The molecule has 1 aromatic carbocycles. The molecule has 0 aliphatic carbocycles. The van der Waals surface area contributed by atoms with Crippen molar-refractivity contribution in [2.24, 2.45) is 5.16 Å². The lowest BCUT2D eigenvalue weighted by atomic mass is 9.87. The van der Waals surface area contributed by atoms with Gasteiger partial charge in [-0.05, 0) is 43.3 Å². The Morgan fingerprint density at radius 1 is 1.17 bits per heavy atom. The second-order valence-corrected chi connectivity index (χ2v) is 8.04. The normalized spacial score (nSPS) is 17.4. The minimum Gasteiger partial charge on any atom is -0.465 e. The van der Waals surface area contributed by atoms with E-state index in [4.69, 9.17) is 20.9 Å². The van der Waals surface area contributed by atoms with Crippen molar-refractivity contribution in [3.05, 3.63) is 52.9 Å². The van der Waals surface area contributed by atoms with Crippen LogP contribution in [-0.2, 0) is 16.2 Å². The van der Waals surface area contributed by atoms with E-state index in [1.165, 1.54) is 0 Å². The first-order chi connectivity index (χ1) is 14.4. The van der Waals surface area contributed by atoms with Crippen molar-refractivity contribution >= 4 is 34.9 Å². The molecule has 2 aromatic rings. The van der Waals surface area contributed by atoms with Gasteiger partial charge in [0.05, 0.1) is 6.54 Å². The summed E-state index contributed by atoms with van der Waals surface area (Å²) in [4.78, 5) is 32.3. The lowest BCUT2D eigenvalue weighted by Crippen LogP contribution is -2.48. The molecule has 1 fully saturated rings. The van der Waals surface area contributed by atoms with Gasteiger partial charge in [0.1, 0.15) is 22.8 Å². The molecule has 2 aliphatic rings. The van der Waals surface area contributed by atoms with Gasteiger partial charge in [-0.3, -0.25) is 4.79 Å². The van der Waals surface area contributed by atoms with Crippen LogP contribution in [0.2, 0.25) is 5.02 Å². The molecule has 30 heavy (non-hydrogen) atoms. The predicted molar refractivity (Wildman–Crippen MR) is 112 cm³/mol. The highest BCUT2D eigenvalue weighted by atomic mass is 35.5. The number of carbonyl (C=O) groups excluding carboxylic acids is 2. The second-order valence-electron chi connectivity index (χ2n) is 7.61. The van der Waals surface area contributed by atoms with E-state index >= 15 is 0 Å². The molecular weight excluding hydrogens is 408 g/mol. The molecule has 3 amide bonds. The van der Waals surface area contributed by atoms with Gasteiger partial charge in [0.25, 0.3) is 5.91 Å². The lowest BCUT2D eigenvalue weighted by Gasteiger charge is -2.37. The van der Waals surface area contributed by atoms with Crippen LogP contribution < -0.4 is 10.6 Å². The van der Waals surface area contributed by atoms with Gasteiger partial charge in [-0.2, -0.15) is 0 Å². The van der Waals surface area contributed by atoms with Crippen molar-refractivity contribution in [3.63, 3.8) is 0 Å². The summed E-state index contributed by atoms with van der Waals surface area (Å²) in [5, 5.41) is 10.3. The average Bonchev–Trinajstić information content (AvgIpc) is 3.35. The molecule has 9 heteroatoms. The van der Waals surface area contributed by atoms with Gasteiger partial charge in [-0.15, -0.1) is 0 Å². The Bertz CT molecular complexity index is 962. The molecule has 8 nitrogen and oxygen atoms in total. The fourth-order valence-corrected chi connectivity index (χ4v) is 3.74. The molecule has 0 atom stereocenters. The van der Waals surface area contributed by atoms with E-state index in [1.807, 2.05) is 19.1 Å². The summed E-state index contributed by atoms with van der Waals surface area (Å²) >= 11 is 5.87. The summed E-state index contributed by atoms with van der Waals surface area (Å²) in [7, 11) is 0. The fourth-order valence-electron chi connectivity index (χ4n) is 3.61. The largest absolute Gasteiger partial charge is 0.465 e. The molecule has 0 radical (unpaired) electrons. The zero-order valence-electron chi connectivity index (χ0n) is 16.6. The van der Waals surface area contributed by atoms with Crippen LogP contribution in [0.5, 0.6) is 0 Å². The number of nitrogens with one attached hydrogen (secondary N) is 2. The molecule has 158 valence electrons. The molecule has 2 aliphatic heterocycles. The number of anilines is 1. The van der Waals surface area contributed by atoms with E-state index in [0.29, 0.717) is 61.1 Å². The first-order valence-corrected chi connectivity index (χ1v) is 10.2. The maximum atomic E-state index is 12.5. The molecule has 1 saturated heterocycles. The summed E-state index contributed by atoms with van der Waals surface area (Å²) in [6.45, 7) is 3.20. The van der Waals surface area contributed by atoms with Gasteiger partial charge in [0.2, 0.25) is 0 Å². The molecule has 3 heterocycles. The SMILES string of the molecule is Cc1ccc(CNC(=O)C2=NOC3(CCN(C(=O)Nc4ccc(Cl)cc4)CC3)C2)o1. The highest BCUT2D eigenvalue weighted by Crippen LogP contribution is 2.35. The molecule has 4 rings (SSSR count). The van der Waals surface area contributed by atoms with Gasteiger partial charge < -0.3 is 24.8 Å². The van der Waals surface area contributed by atoms with Gasteiger partial charge >= 0.3 is 6.03 Å². The standard InChI is InChI=1S/C21H23ClN4O4/c1-14-2-7-17(29-14)13-23-19(27)18-12-21(30-25-18)8-10-26(11-9-21)20(28)24-16-5-3-15(22)4-6-16/h2-7H,8-13H2,1H3,(H,23,27)(H,24,28). The smallest absolute Gasteiger partial charge is 0.321 e. The average molecular weight is 431 g/mol. The Labute approximate surface area is 179 Å². The van der Waals surface area contributed by atoms with Crippen LogP contribution in [0.3, 0.4) is 0 Å². The number of amides is 3. The number of nitrogens with zero attached hydrogens (tertiary/aromatic N) is 2. The van der Waals surface area contributed by atoms with E-state index in [9.17, 15) is 9.59 Å². The number of aryl methyl sites for hydroxylation is 1. The van der Waals surface area contributed by atoms with E-state index in [-0.39, 0.29) is 11.9 Å². The van der Waals surface area contributed by atoms with Crippen molar-refractivity contribution < 1.29 is 18.8 Å². The molecule has 0 bridgehead atoms. The first-order valence-electron chi connectivity index (χ1n) is 9.83. The maximum Gasteiger partial charge on any atom is 0.321 e. The molecule has 0 unspecified atom stereocenters. The summed E-state index contributed by atoms with van der Waals surface area (Å²) in [5.74, 6) is 1.23. The monoisotopic (exact) mass is 430 g/mol. The Morgan fingerprint density at radius 3 is 2.57 bits per heavy atom. The first kappa shape index (κ1) is 20.3. The Morgan fingerprint density at radius 2 is 1.90 bits per heavy atom. The highest BCUT2D eigenvalue weighted by molar-refractivity contribution is 6.39. The summed E-state index contributed by atoms with van der Waals surface area (Å²) < 4.78 is 5.45. The van der Waals surface area contributed by atoms with Gasteiger partial charge in [0.15, 0.2) is 0 Å². The van der Waals surface area contributed by atoms with E-state index in [1.54, 1.807) is 29.2 Å². The van der Waals surface area contributed by atoms with Crippen LogP contribution in [0.15, 0.2) is 46.0 Å². The van der Waals surface area contributed by atoms with Crippen LogP contribution in [0.25, 0.3) is 0 Å². The minimum absolute atomic E-state index is 0.169. The number of likely N-dealkylation sites (tertiary alicyclic amines) is 1. The van der Waals surface area contributed by atoms with E-state index in [0.717, 1.165) is 5.76 Å². The zero-order valence-corrected chi connectivity index (χ0v) is 17.4. The number of furan rings is 1. The number of oxime groups is 1. The second kappa shape index (κ2) is 8.39. The zero-order chi connectivity index (χ0) is 21.1. The predicted octanol–water partition coefficient (Wildman–Crippen LogP) is 3.70. The number of urea groups is 1. The van der Waals surface area contributed by atoms with Crippen molar-refractivity contribution in [3.8, 4) is 0 Å². The Balaban J connectivity index is 1.25. The lowest BCUT2D eigenvalue weighted by molar-refractivity contribution is -0.115. The van der Waals surface area contributed by atoms with Crippen LogP contribution in [0.4, 0.5) is 10.5 Å². The molecule has 0 saturated carbocycles. The van der Waals surface area contributed by atoms with Gasteiger partial charge in [0, 0.05) is 43.1 Å². The third-order valence-electron chi connectivity index (χ3n) is 5.38. The van der Waals surface area contributed by atoms with Crippen molar-refractivity contribution in [2.75, 3.05) is 18.4 Å². The third kappa shape index (κ3) is 4.59. The fraction of sp³-hybridized carbons (Fsp3) is 0.381. The topological polar surface area (TPSA) is 96.2 Å².